The number of nitrogens with one attached hydrogen (secondary N) is 3. The minimum Gasteiger partial charge on any atom is -0.480 e. The second-order valence-electron chi connectivity index (χ2n) is 9.46. The highest BCUT2D eigenvalue weighted by atomic mass is 16.4. The molecule has 0 aliphatic rings. The molecule has 14 heteroatoms. The Labute approximate surface area is 225 Å². The number of aliphatic carboxylic acids is 1. The SMILES string of the molecule is CCC(C)C(NC(=O)C(CCCN=C(N)N)NC(=O)C(N)CCCCN)C(=O)NC(CCCCN)C(=O)O. The summed E-state index contributed by atoms with van der Waals surface area (Å²) in [6.45, 7) is 4.76. The van der Waals surface area contributed by atoms with Crippen LogP contribution in [0.3, 0.4) is 0 Å². The molecule has 0 aliphatic carbocycles. The molecular formula is C24H49N9O5. The van der Waals surface area contributed by atoms with Crippen LogP contribution in [0, 0.1) is 5.92 Å². The average molecular weight is 544 g/mol. The number of rotatable bonds is 21. The fraction of sp³-hybridized carbons (Fsp3) is 0.792. The Morgan fingerprint density at radius 2 is 1.34 bits per heavy atom. The van der Waals surface area contributed by atoms with Gasteiger partial charge in [-0.05, 0) is 64.0 Å². The first-order valence-electron chi connectivity index (χ1n) is 13.3. The van der Waals surface area contributed by atoms with E-state index in [0.717, 1.165) is 6.42 Å². The van der Waals surface area contributed by atoms with Crippen molar-refractivity contribution >= 4 is 29.7 Å². The maximum absolute atomic E-state index is 13.3. The van der Waals surface area contributed by atoms with E-state index in [-0.39, 0.29) is 31.3 Å². The summed E-state index contributed by atoms with van der Waals surface area (Å²) in [6, 6.07) is -3.96. The van der Waals surface area contributed by atoms with Crippen LogP contribution in [0.25, 0.3) is 0 Å². The minimum absolute atomic E-state index is 0.0927. The van der Waals surface area contributed by atoms with Crippen molar-refractivity contribution in [2.45, 2.75) is 95.8 Å². The molecule has 0 rings (SSSR count). The summed E-state index contributed by atoms with van der Waals surface area (Å²) >= 11 is 0. The third-order valence-electron chi connectivity index (χ3n) is 6.24. The molecule has 0 spiro atoms. The lowest BCUT2D eigenvalue weighted by Gasteiger charge is -2.28. The van der Waals surface area contributed by atoms with Crippen LogP contribution in [0.1, 0.15) is 71.6 Å². The molecule has 0 fully saturated rings. The molecule has 0 aromatic carbocycles. The van der Waals surface area contributed by atoms with Gasteiger partial charge in [0.15, 0.2) is 5.96 Å². The van der Waals surface area contributed by atoms with Crippen molar-refractivity contribution in [2.24, 2.45) is 39.6 Å². The zero-order valence-electron chi connectivity index (χ0n) is 22.8. The normalized spacial score (nSPS) is 14.9. The van der Waals surface area contributed by atoms with Crippen LogP contribution >= 0.6 is 0 Å². The largest absolute Gasteiger partial charge is 0.480 e. The molecule has 5 atom stereocenters. The summed E-state index contributed by atoms with van der Waals surface area (Å²) in [4.78, 5) is 54.6. The molecule has 5 unspecified atom stereocenters. The van der Waals surface area contributed by atoms with Crippen LogP contribution in [0.2, 0.25) is 0 Å². The first-order chi connectivity index (χ1) is 18.0. The molecule has 0 radical (unpaired) electrons. The van der Waals surface area contributed by atoms with Gasteiger partial charge in [0, 0.05) is 6.54 Å². The van der Waals surface area contributed by atoms with Gasteiger partial charge in [0.25, 0.3) is 0 Å². The molecule has 0 bridgehead atoms. The topological polar surface area (TPSA) is 267 Å². The van der Waals surface area contributed by atoms with E-state index in [1.54, 1.807) is 6.92 Å². The quantitative estimate of drug-likeness (QED) is 0.0445. The van der Waals surface area contributed by atoms with Gasteiger partial charge in [-0.15, -0.1) is 0 Å². The van der Waals surface area contributed by atoms with E-state index >= 15 is 0 Å². The van der Waals surface area contributed by atoms with Crippen molar-refractivity contribution in [3.05, 3.63) is 0 Å². The number of carbonyl (C=O) groups excluding carboxylic acids is 3. The maximum Gasteiger partial charge on any atom is 0.326 e. The van der Waals surface area contributed by atoms with Gasteiger partial charge >= 0.3 is 5.97 Å². The Hall–Kier alpha value is -2.97. The summed E-state index contributed by atoms with van der Waals surface area (Å²) in [6.07, 6.45) is 4.27. The monoisotopic (exact) mass is 543 g/mol. The van der Waals surface area contributed by atoms with E-state index in [4.69, 9.17) is 28.7 Å². The Kier molecular flexibility index (Phi) is 18.5. The lowest BCUT2D eigenvalue weighted by molar-refractivity contribution is -0.143. The number of carboxylic acids is 1. The van der Waals surface area contributed by atoms with Gasteiger partial charge in [-0.25, -0.2) is 4.79 Å². The van der Waals surface area contributed by atoms with E-state index in [0.29, 0.717) is 51.6 Å². The van der Waals surface area contributed by atoms with Crippen molar-refractivity contribution in [1.29, 1.82) is 0 Å². The van der Waals surface area contributed by atoms with Crippen molar-refractivity contribution < 1.29 is 24.3 Å². The number of amides is 3. The third-order valence-corrected chi connectivity index (χ3v) is 6.24. The zero-order valence-corrected chi connectivity index (χ0v) is 22.8. The first-order valence-corrected chi connectivity index (χ1v) is 13.3. The highest BCUT2D eigenvalue weighted by Crippen LogP contribution is 2.11. The standard InChI is InChI=1S/C24H49N9O5/c1-3-15(2)19(22(36)32-18(23(37)38)10-5-7-13-26)33-21(35)17(11-8-14-30-24(28)29)31-20(34)16(27)9-4-6-12-25/h15-19H,3-14,25-27H2,1-2H3,(H,31,34)(H,32,36)(H,33,35)(H,37,38)(H4,28,29,30). The lowest BCUT2D eigenvalue weighted by atomic mass is 9.96. The van der Waals surface area contributed by atoms with E-state index in [1.165, 1.54) is 0 Å². The molecule has 0 aromatic rings. The smallest absolute Gasteiger partial charge is 0.326 e. The molecule has 14 nitrogen and oxygen atoms in total. The minimum atomic E-state index is -1.17. The average Bonchev–Trinajstić information content (AvgIpc) is 2.87. The van der Waals surface area contributed by atoms with E-state index < -0.39 is 47.9 Å². The highest BCUT2D eigenvalue weighted by Gasteiger charge is 2.32. The van der Waals surface area contributed by atoms with Crippen LogP contribution in [0.5, 0.6) is 0 Å². The summed E-state index contributed by atoms with van der Waals surface area (Å²) in [5, 5.41) is 17.4. The number of hydrogen-bond acceptors (Lipinski definition) is 8. The van der Waals surface area contributed by atoms with Crippen molar-refractivity contribution in [1.82, 2.24) is 16.0 Å². The van der Waals surface area contributed by atoms with Gasteiger partial charge in [0.05, 0.1) is 6.04 Å². The first kappa shape index (κ1) is 35.0. The number of unbranched alkanes of at least 4 members (excludes halogenated alkanes) is 2. The summed E-state index contributed by atoms with van der Waals surface area (Å²) in [5.41, 5.74) is 27.7. The van der Waals surface area contributed by atoms with E-state index in [9.17, 15) is 24.3 Å². The fourth-order valence-corrected chi connectivity index (χ4v) is 3.66. The second-order valence-corrected chi connectivity index (χ2v) is 9.46. The number of nitrogens with two attached hydrogens (primary N) is 5. The molecule has 0 aromatic heterocycles. The molecule has 0 saturated heterocycles. The summed E-state index contributed by atoms with van der Waals surface area (Å²) in [7, 11) is 0. The summed E-state index contributed by atoms with van der Waals surface area (Å²) in [5.74, 6) is -3.28. The van der Waals surface area contributed by atoms with Gasteiger partial charge in [-0.1, -0.05) is 26.7 Å². The fourth-order valence-electron chi connectivity index (χ4n) is 3.66. The zero-order chi connectivity index (χ0) is 29.1. The predicted octanol–water partition coefficient (Wildman–Crippen LogP) is -1.79. The molecular weight excluding hydrogens is 494 g/mol. The molecule has 0 aliphatic heterocycles. The van der Waals surface area contributed by atoms with Gasteiger partial charge in [-0.2, -0.15) is 0 Å². The number of guanidine groups is 1. The van der Waals surface area contributed by atoms with Crippen LogP contribution in [0.15, 0.2) is 4.99 Å². The molecule has 3 amide bonds. The number of carbonyl (C=O) groups is 4. The van der Waals surface area contributed by atoms with Gasteiger partial charge in [0.1, 0.15) is 18.1 Å². The van der Waals surface area contributed by atoms with Gasteiger partial charge in [0.2, 0.25) is 17.7 Å². The van der Waals surface area contributed by atoms with E-state index in [2.05, 4.69) is 20.9 Å². The third kappa shape index (κ3) is 14.7. The van der Waals surface area contributed by atoms with Gasteiger partial charge < -0.3 is 49.7 Å². The Morgan fingerprint density at radius 3 is 1.87 bits per heavy atom. The van der Waals surface area contributed by atoms with Crippen LogP contribution in [-0.4, -0.2) is 78.6 Å². The molecule has 14 N–H and O–H groups in total. The maximum atomic E-state index is 13.3. The number of aliphatic imine (C=N–C) groups is 1. The predicted molar refractivity (Wildman–Crippen MR) is 147 cm³/mol. The molecule has 220 valence electrons. The Morgan fingerprint density at radius 1 is 0.789 bits per heavy atom. The lowest BCUT2D eigenvalue weighted by Crippen LogP contribution is -2.58. The number of hydrogen-bond donors (Lipinski definition) is 9. The van der Waals surface area contributed by atoms with Crippen molar-refractivity contribution in [2.75, 3.05) is 19.6 Å². The Balaban J connectivity index is 5.58. The highest BCUT2D eigenvalue weighted by molar-refractivity contribution is 5.94. The number of nitrogens with zero attached hydrogens (tertiary/aromatic N) is 1. The van der Waals surface area contributed by atoms with E-state index in [1.807, 2.05) is 6.92 Å². The Bertz CT molecular complexity index is 762. The molecule has 0 heterocycles. The second kappa shape index (κ2) is 20.1. The number of carboxylic acid groups (broad SMARTS) is 1. The van der Waals surface area contributed by atoms with Crippen molar-refractivity contribution in [3.63, 3.8) is 0 Å². The van der Waals surface area contributed by atoms with Crippen molar-refractivity contribution in [3.8, 4) is 0 Å². The summed E-state index contributed by atoms with van der Waals surface area (Å²) < 4.78 is 0. The molecule has 38 heavy (non-hydrogen) atoms. The van der Waals surface area contributed by atoms with Crippen LogP contribution < -0.4 is 44.6 Å². The van der Waals surface area contributed by atoms with Gasteiger partial charge in [-0.3, -0.25) is 19.4 Å². The molecule has 0 saturated carbocycles. The van der Waals surface area contributed by atoms with Crippen LogP contribution in [-0.2, 0) is 19.2 Å². The van der Waals surface area contributed by atoms with Crippen LogP contribution in [0.4, 0.5) is 0 Å².